The number of benzene rings is 2. The smallest absolute Gasteiger partial charge is 0.322 e. The number of carbonyl (C=O) groups is 1. The number of sulfone groups is 1. The Morgan fingerprint density at radius 1 is 1.14 bits per heavy atom. The first-order valence-electron chi connectivity index (χ1n) is 8.54. The molecular weight excluding hydrogens is 434 g/mol. The van der Waals surface area contributed by atoms with Crippen molar-refractivity contribution in [1.82, 2.24) is 10.2 Å². The highest BCUT2D eigenvalue weighted by atomic mass is 35.5. The van der Waals surface area contributed by atoms with Gasteiger partial charge < -0.3 is 4.42 Å². The molecule has 4 aromatic rings. The minimum Gasteiger partial charge on any atom is -0.403 e. The number of hydrogen-bond acceptors (Lipinski definition) is 7. The third kappa shape index (κ3) is 3.76. The Balaban J connectivity index is 1.54. The summed E-state index contributed by atoms with van der Waals surface area (Å²) in [7, 11) is -3.29. The van der Waals surface area contributed by atoms with E-state index in [1.807, 2.05) is 24.3 Å². The summed E-state index contributed by atoms with van der Waals surface area (Å²) in [5.74, 6) is -0.275. The summed E-state index contributed by atoms with van der Waals surface area (Å²) < 4.78 is 30.2. The molecule has 0 aliphatic heterocycles. The summed E-state index contributed by atoms with van der Waals surface area (Å²) >= 11 is 7.59. The molecule has 0 unspecified atom stereocenters. The molecule has 1 amide bonds. The van der Waals surface area contributed by atoms with Crippen LogP contribution >= 0.6 is 22.9 Å². The van der Waals surface area contributed by atoms with Gasteiger partial charge in [-0.25, -0.2) is 8.42 Å². The van der Waals surface area contributed by atoms with Gasteiger partial charge in [0.15, 0.2) is 9.84 Å². The van der Waals surface area contributed by atoms with Gasteiger partial charge in [-0.15, -0.1) is 16.4 Å². The molecule has 0 radical (unpaired) electrons. The summed E-state index contributed by atoms with van der Waals surface area (Å²) in [6, 6.07) is 13.5. The van der Waals surface area contributed by atoms with E-state index < -0.39 is 15.7 Å². The van der Waals surface area contributed by atoms with Crippen LogP contribution in [0.1, 0.15) is 16.6 Å². The lowest BCUT2D eigenvalue weighted by atomic mass is 10.2. The summed E-state index contributed by atoms with van der Waals surface area (Å²) in [4.78, 5) is 13.1. The SMILES string of the molecule is CCS(=O)(=O)c1ccc(-c2nnc(NC(=O)c3sc4ccccc4c3Cl)o2)cc1. The molecule has 0 aliphatic rings. The van der Waals surface area contributed by atoms with Crippen LogP contribution < -0.4 is 5.32 Å². The lowest BCUT2D eigenvalue weighted by Gasteiger charge is -2.01. The molecule has 2 heterocycles. The fourth-order valence-electron chi connectivity index (χ4n) is 2.68. The molecule has 4 rings (SSSR count). The number of halogens is 1. The number of rotatable bonds is 5. The van der Waals surface area contributed by atoms with Crippen LogP contribution in [0.3, 0.4) is 0 Å². The number of amides is 1. The van der Waals surface area contributed by atoms with E-state index >= 15 is 0 Å². The minimum absolute atomic E-state index is 0.0172. The van der Waals surface area contributed by atoms with E-state index in [1.165, 1.54) is 23.5 Å². The second-order valence-corrected chi connectivity index (χ2v) is 9.74. The van der Waals surface area contributed by atoms with Gasteiger partial charge in [-0.3, -0.25) is 10.1 Å². The van der Waals surface area contributed by atoms with Gasteiger partial charge in [0.1, 0.15) is 4.88 Å². The van der Waals surface area contributed by atoms with E-state index in [9.17, 15) is 13.2 Å². The highest BCUT2D eigenvalue weighted by Crippen LogP contribution is 2.35. The zero-order valence-corrected chi connectivity index (χ0v) is 17.4. The molecule has 0 saturated carbocycles. The van der Waals surface area contributed by atoms with Gasteiger partial charge in [-0.2, -0.15) is 0 Å². The van der Waals surface area contributed by atoms with Crippen LogP contribution in [-0.4, -0.2) is 30.3 Å². The molecule has 0 fully saturated rings. The van der Waals surface area contributed by atoms with Gasteiger partial charge in [0.05, 0.1) is 15.7 Å². The number of anilines is 1. The van der Waals surface area contributed by atoms with Crippen molar-refractivity contribution in [3.8, 4) is 11.5 Å². The third-order valence-electron chi connectivity index (χ3n) is 4.23. The standard InChI is InChI=1S/C19H14ClN3O4S2/c1-2-29(25,26)12-9-7-11(8-10-12)18-22-23-19(27-18)21-17(24)16-15(20)13-5-3-4-6-14(13)28-16/h3-10H,2H2,1H3,(H,21,23,24). The van der Waals surface area contributed by atoms with E-state index in [2.05, 4.69) is 15.5 Å². The fourth-order valence-corrected chi connectivity index (χ4v) is 4.97. The molecule has 0 aliphatic carbocycles. The van der Waals surface area contributed by atoms with Gasteiger partial charge in [-0.1, -0.05) is 41.8 Å². The van der Waals surface area contributed by atoms with Gasteiger partial charge in [0, 0.05) is 15.6 Å². The molecule has 2 aromatic heterocycles. The Morgan fingerprint density at radius 3 is 2.55 bits per heavy atom. The molecular formula is C19H14ClN3O4S2. The number of nitrogens with zero attached hydrogens (tertiary/aromatic N) is 2. The number of thiophene rings is 1. The lowest BCUT2D eigenvalue weighted by molar-refractivity contribution is 0.102. The van der Waals surface area contributed by atoms with Crippen LogP contribution in [-0.2, 0) is 9.84 Å². The van der Waals surface area contributed by atoms with Crippen molar-refractivity contribution in [2.45, 2.75) is 11.8 Å². The monoisotopic (exact) mass is 447 g/mol. The Labute approximate surface area is 175 Å². The second kappa shape index (κ2) is 7.58. The van der Waals surface area contributed by atoms with Crippen molar-refractivity contribution in [2.75, 3.05) is 11.1 Å². The predicted octanol–water partition coefficient (Wildman–Crippen LogP) is 4.65. The first kappa shape index (κ1) is 19.6. The Morgan fingerprint density at radius 2 is 1.86 bits per heavy atom. The van der Waals surface area contributed by atoms with Crippen LogP contribution in [0.2, 0.25) is 5.02 Å². The molecule has 10 heteroatoms. The lowest BCUT2D eigenvalue weighted by Crippen LogP contribution is -2.10. The van der Waals surface area contributed by atoms with Gasteiger partial charge in [0.2, 0.25) is 5.89 Å². The quantitative estimate of drug-likeness (QED) is 0.477. The van der Waals surface area contributed by atoms with Crippen molar-refractivity contribution in [3.05, 3.63) is 58.4 Å². The maximum Gasteiger partial charge on any atom is 0.322 e. The highest BCUT2D eigenvalue weighted by molar-refractivity contribution is 7.91. The van der Waals surface area contributed by atoms with Crippen molar-refractivity contribution in [1.29, 1.82) is 0 Å². The number of fused-ring (bicyclic) bond motifs is 1. The molecule has 0 atom stereocenters. The molecule has 2 aromatic carbocycles. The van der Waals surface area contributed by atoms with Crippen LogP contribution in [0.25, 0.3) is 21.5 Å². The maximum atomic E-state index is 12.6. The molecule has 1 N–H and O–H groups in total. The summed E-state index contributed by atoms with van der Waals surface area (Å²) in [6.07, 6.45) is 0. The fraction of sp³-hybridized carbons (Fsp3) is 0.105. The first-order chi connectivity index (χ1) is 13.9. The third-order valence-corrected chi connectivity index (χ3v) is 7.65. The molecule has 0 bridgehead atoms. The largest absolute Gasteiger partial charge is 0.403 e. The van der Waals surface area contributed by atoms with Crippen LogP contribution in [0.15, 0.2) is 57.8 Å². The number of carbonyl (C=O) groups excluding carboxylic acids is 1. The Kier molecular flexibility index (Phi) is 5.12. The van der Waals surface area contributed by atoms with E-state index in [-0.39, 0.29) is 22.6 Å². The predicted molar refractivity (Wildman–Crippen MR) is 112 cm³/mol. The first-order valence-corrected chi connectivity index (χ1v) is 11.4. The summed E-state index contributed by atoms with van der Waals surface area (Å²) in [5, 5.41) is 11.4. The van der Waals surface area contributed by atoms with Crippen molar-refractivity contribution in [2.24, 2.45) is 0 Å². The van der Waals surface area contributed by atoms with Crippen molar-refractivity contribution in [3.63, 3.8) is 0 Å². The second-order valence-electron chi connectivity index (χ2n) is 6.04. The molecule has 29 heavy (non-hydrogen) atoms. The number of nitrogens with one attached hydrogen (secondary N) is 1. The van der Waals surface area contributed by atoms with E-state index in [4.69, 9.17) is 16.0 Å². The molecule has 0 spiro atoms. The van der Waals surface area contributed by atoms with Crippen molar-refractivity contribution >= 4 is 54.8 Å². The molecule has 7 nitrogen and oxygen atoms in total. The molecule has 0 saturated heterocycles. The Hall–Kier alpha value is -2.75. The van der Waals surface area contributed by atoms with Crippen LogP contribution in [0.5, 0.6) is 0 Å². The molecule has 148 valence electrons. The average molecular weight is 448 g/mol. The van der Waals surface area contributed by atoms with Crippen LogP contribution in [0, 0.1) is 0 Å². The highest BCUT2D eigenvalue weighted by Gasteiger charge is 2.20. The normalized spacial score (nSPS) is 11.7. The minimum atomic E-state index is -3.29. The zero-order chi connectivity index (χ0) is 20.6. The van der Waals surface area contributed by atoms with E-state index in [0.29, 0.717) is 15.5 Å². The number of aromatic nitrogens is 2. The topological polar surface area (TPSA) is 102 Å². The summed E-state index contributed by atoms with van der Waals surface area (Å²) in [5.41, 5.74) is 0.535. The van der Waals surface area contributed by atoms with Gasteiger partial charge >= 0.3 is 6.01 Å². The van der Waals surface area contributed by atoms with Crippen LogP contribution in [0.4, 0.5) is 6.01 Å². The maximum absolute atomic E-state index is 12.6. The van der Waals surface area contributed by atoms with Crippen molar-refractivity contribution < 1.29 is 17.6 Å². The zero-order valence-electron chi connectivity index (χ0n) is 15.0. The summed E-state index contributed by atoms with van der Waals surface area (Å²) in [6.45, 7) is 1.58. The van der Waals surface area contributed by atoms with Gasteiger partial charge in [-0.05, 0) is 30.3 Å². The van der Waals surface area contributed by atoms with Gasteiger partial charge in [0.25, 0.3) is 5.91 Å². The number of hydrogen-bond donors (Lipinski definition) is 1. The van der Waals surface area contributed by atoms with E-state index in [1.54, 1.807) is 19.1 Å². The average Bonchev–Trinajstić information content (AvgIpc) is 3.33. The Bertz CT molecular complexity index is 1310. The van der Waals surface area contributed by atoms with E-state index in [0.717, 1.165) is 10.1 Å².